The van der Waals surface area contributed by atoms with Crippen molar-refractivity contribution in [2.75, 3.05) is 18.1 Å². The van der Waals surface area contributed by atoms with Crippen LogP contribution < -0.4 is 20.5 Å². The van der Waals surface area contributed by atoms with Crippen molar-refractivity contribution < 1.29 is 50.2 Å². The summed E-state index contributed by atoms with van der Waals surface area (Å²) in [6, 6.07) is -0.510. The molecule has 1 fully saturated rings. The number of amides is 1. The molecule has 2 aliphatic rings. The van der Waals surface area contributed by atoms with Crippen LogP contribution in [0.2, 0.25) is 0 Å². The van der Waals surface area contributed by atoms with Gasteiger partial charge in [-0.1, -0.05) is 6.07 Å². The predicted octanol–water partition coefficient (Wildman–Crippen LogP) is 5.26. The van der Waals surface area contributed by atoms with Gasteiger partial charge in [-0.3, -0.25) is 9.59 Å². The van der Waals surface area contributed by atoms with Crippen molar-refractivity contribution in [1.82, 2.24) is 14.9 Å². The number of carbonyl (C=O) groups is 2. The fraction of sp³-hybridized carbons (Fsp3) is 0.438. The summed E-state index contributed by atoms with van der Waals surface area (Å²) in [6.45, 7) is 2.94. The maximum Gasteiger partial charge on any atom is 0.408 e. The molecule has 3 aromatic rings. The molecule has 5 rings (SSSR count). The first-order valence-electron chi connectivity index (χ1n) is 15.0. The van der Waals surface area contributed by atoms with Crippen LogP contribution in [0.1, 0.15) is 52.1 Å². The van der Waals surface area contributed by atoms with E-state index in [4.69, 9.17) is 4.74 Å². The van der Waals surface area contributed by atoms with E-state index < -0.39 is 78.3 Å². The number of aromatic nitrogens is 2. The lowest BCUT2D eigenvalue weighted by atomic mass is 9.91. The number of anilines is 1. The van der Waals surface area contributed by atoms with Gasteiger partial charge < -0.3 is 24.6 Å². The van der Waals surface area contributed by atoms with Crippen molar-refractivity contribution in [3.05, 3.63) is 74.3 Å². The lowest BCUT2D eigenvalue weighted by molar-refractivity contribution is -0.175. The number of nitrogens with one attached hydrogen (secondary N) is 1. The van der Waals surface area contributed by atoms with Crippen molar-refractivity contribution in [2.24, 2.45) is 7.05 Å². The summed E-state index contributed by atoms with van der Waals surface area (Å²) >= 11 is 0. The monoisotopic (exact) mass is 684 g/mol. The summed E-state index contributed by atoms with van der Waals surface area (Å²) in [7, 11) is 1.60. The van der Waals surface area contributed by atoms with Crippen LogP contribution in [0, 0.1) is 25.5 Å². The Bertz CT molecular complexity index is 1820. The number of carboxylic acid groups (broad SMARTS) is 1. The van der Waals surface area contributed by atoms with E-state index in [1.165, 1.54) is 4.57 Å². The highest BCUT2D eigenvalue weighted by Crippen LogP contribution is 2.42. The zero-order chi connectivity index (χ0) is 35.3. The number of fused-ring (bicyclic) bond motifs is 1. The molecule has 9 nitrogen and oxygen atoms in total. The number of halogens is 7. The number of aliphatic carboxylic acids is 1. The molecule has 0 spiro atoms. The minimum atomic E-state index is -5.14. The number of carbonyl (C=O) groups excluding carboxylic acids is 1. The van der Waals surface area contributed by atoms with E-state index in [1.807, 2.05) is 0 Å². The Kier molecular flexibility index (Phi) is 9.23. The predicted molar refractivity (Wildman–Crippen MR) is 159 cm³/mol. The molecule has 1 saturated heterocycles. The highest BCUT2D eigenvalue weighted by molar-refractivity contribution is 5.97. The Morgan fingerprint density at radius 1 is 1.17 bits per heavy atom. The normalized spacial score (nSPS) is 18.1. The molecule has 2 atom stereocenters. The molecule has 0 radical (unpaired) electrons. The maximum atomic E-state index is 15.2. The van der Waals surface area contributed by atoms with Gasteiger partial charge in [-0.2, -0.15) is 13.2 Å². The standard InChI is InChI=1S/C32H31F7N4O5/c1-15-16(2)42(3)29(45)26(40-15)20-7-6-17(19-5-4-10-48-27(19)20)11-23(30(46)47)41-28(44)25-21(33)12-18(13-22(25)34)43-9-8-31(35,36)14-24(43)32(37,38)39/h6-7,12-13,23-24H,4-5,8-11,14H2,1-3H3,(H,41,44)(H,46,47)/t23-,24-/m0/s1. The minimum absolute atomic E-state index is 0.127. The molecule has 1 amide bonds. The van der Waals surface area contributed by atoms with Crippen LogP contribution in [0.15, 0.2) is 29.1 Å². The van der Waals surface area contributed by atoms with Gasteiger partial charge in [0.15, 0.2) is 0 Å². The van der Waals surface area contributed by atoms with Crippen LogP contribution in [0.3, 0.4) is 0 Å². The first-order chi connectivity index (χ1) is 22.4. The van der Waals surface area contributed by atoms with Crippen LogP contribution in [0.4, 0.5) is 36.4 Å². The Morgan fingerprint density at radius 2 is 1.83 bits per heavy atom. The van der Waals surface area contributed by atoms with Gasteiger partial charge >= 0.3 is 12.1 Å². The SMILES string of the molecule is Cc1nc(-c2ccc(C[C@H](NC(=O)c3c(F)cc(N4CCC(F)(F)C[C@H]4C(F)(F)F)cc3F)C(=O)O)c3c2OCCC3)c(=O)n(C)c1C. The topological polar surface area (TPSA) is 114 Å². The Morgan fingerprint density at radius 3 is 2.46 bits per heavy atom. The van der Waals surface area contributed by atoms with Crippen molar-refractivity contribution in [3.63, 3.8) is 0 Å². The molecule has 0 saturated carbocycles. The number of ether oxygens (including phenoxy) is 1. The van der Waals surface area contributed by atoms with E-state index in [9.17, 15) is 41.4 Å². The molecule has 2 aromatic carbocycles. The van der Waals surface area contributed by atoms with Crippen LogP contribution in [-0.2, 0) is 24.7 Å². The molecule has 48 heavy (non-hydrogen) atoms. The maximum absolute atomic E-state index is 15.2. The zero-order valence-electron chi connectivity index (χ0n) is 26.0. The van der Waals surface area contributed by atoms with Gasteiger partial charge in [0.1, 0.15) is 40.7 Å². The van der Waals surface area contributed by atoms with Crippen molar-refractivity contribution in [3.8, 4) is 17.0 Å². The summed E-state index contributed by atoms with van der Waals surface area (Å²) in [5.74, 6) is -9.58. The molecular weight excluding hydrogens is 653 g/mol. The van der Waals surface area contributed by atoms with Gasteiger partial charge in [0.25, 0.3) is 17.4 Å². The highest BCUT2D eigenvalue weighted by atomic mass is 19.4. The molecule has 0 unspecified atom stereocenters. The second-order valence-electron chi connectivity index (χ2n) is 11.9. The molecule has 0 aliphatic carbocycles. The molecule has 258 valence electrons. The van der Waals surface area contributed by atoms with Crippen molar-refractivity contribution in [2.45, 2.75) is 70.1 Å². The van der Waals surface area contributed by atoms with Gasteiger partial charge in [0.05, 0.1) is 12.3 Å². The fourth-order valence-electron chi connectivity index (χ4n) is 6.06. The van der Waals surface area contributed by atoms with E-state index >= 15 is 8.78 Å². The number of carboxylic acids is 1. The van der Waals surface area contributed by atoms with Gasteiger partial charge in [-0.25, -0.2) is 27.3 Å². The van der Waals surface area contributed by atoms with Crippen LogP contribution in [0.5, 0.6) is 5.75 Å². The van der Waals surface area contributed by atoms with Crippen LogP contribution >= 0.6 is 0 Å². The number of aryl methyl sites for hydroxylation is 1. The minimum Gasteiger partial charge on any atom is -0.493 e. The summed E-state index contributed by atoms with van der Waals surface area (Å²) in [6.07, 6.45) is -7.12. The largest absolute Gasteiger partial charge is 0.493 e. The fourth-order valence-corrected chi connectivity index (χ4v) is 6.06. The number of rotatable bonds is 7. The number of benzene rings is 2. The van der Waals surface area contributed by atoms with E-state index in [-0.39, 0.29) is 17.7 Å². The molecule has 2 aliphatic heterocycles. The summed E-state index contributed by atoms with van der Waals surface area (Å²) in [4.78, 5) is 43.2. The van der Waals surface area contributed by atoms with Gasteiger partial charge in [-0.05, 0) is 56.0 Å². The third-order valence-electron chi connectivity index (χ3n) is 8.82. The Balaban J connectivity index is 1.42. The number of nitrogens with zero attached hydrogens (tertiary/aromatic N) is 3. The average Bonchev–Trinajstić information content (AvgIpc) is 3.00. The number of hydrogen-bond donors (Lipinski definition) is 2. The zero-order valence-corrected chi connectivity index (χ0v) is 26.0. The third-order valence-corrected chi connectivity index (χ3v) is 8.82. The van der Waals surface area contributed by atoms with E-state index in [2.05, 4.69) is 10.3 Å². The first kappa shape index (κ1) is 34.7. The van der Waals surface area contributed by atoms with E-state index in [0.717, 1.165) is 0 Å². The molecular formula is C32H31F7N4O5. The van der Waals surface area contributed by atoms with Crippen molar-refractivity contribution in [1.29, 1.82) is 0 Å². The summed E-state index contributed by atoms with van der Waals surface area (Å²) in [5, 5.41) is 12.0. The van der Waals surface area contributed by atoms with Crippen molar-refractivity contribution >= 4 is 17.6 Å². The summed E-state index contributed by atoms with van der Waals surface area (Å²) < 4.78 is 106. The lowest BCUT2D eigenvalue weighted by Gasteiger charge is -2.41. The molecule has 1 aromatic heterocycles. The van der Waals surface area contributed by atoms with Crippen LogP contribution in [-0.4, -0.2) is 63.9 Å². The second-order valence-corrected chi connectivity index (χ2v) is 11.9. The molecule has 3 heterocycles. The second kappa shape index (κ2) is 12.8. The van der Waals surface area contributed by atoms with Gasteiger partial charge in [0, 0.05) is 49.8 Å². The van der Waals surface area contributed by atoms with E-state index in [1.54, 1.807) is 33.0 Å². The third kappa shape index (κ3) is 6.69. The summed E-state index contributed by atoms with van der Waals surface area (Å²) in [5.41, 5.74) is 0.443. The Hall–Kier alpha value is -4.63. The van der Waals surface area contributed by atoms with E-state index in [0.29, 0.717) is 70.3 Å². The van der Waals surface area contributed by atoms with Gasteiger partial charge in [0.2, 0.25) is 0 Å². The molecule has 2 N–H and O–H groups in total. The van der Waals surface area contributed by atoms with Crippen LogP contribution in [0.25, 0.3) is 11.3 Å². The average molecular weight is 685 g/mol. The van der Waals surface area contributed by atoms with Gasteiger partial charge in [-0.15, -0.1) is 0 Å². The highest BCUT2D eigenvalue weighted by Gasteiger charge is 2.52. The smallest absolute Gasteiger partial charge is 0.408 e. The number of alkyl halides is 5. The number of hydrogen-bond acceptors (Lipinski definition) is 6. The first-order valence-corrected chi connectivity index (χ1v) is 15.0. The number of piperidine rings is 1. The molecule has 0 bridgehead atoms. The quantitative estimate of drug-likeness (QED) is 0.327. The molecule has 16 heteroatoms. The lowest BCUT2D eigenvalue weighted by Crippen LogP contribution is -2.54. The Labute approximate surface area is 269 Å².